The van der Waals surface area contributed by atoms with Crippen molar-refractivity contribution in [3.8, 4) is 11.3 Å². The van der Waals surface area contributed by atoms with Crippen molar-refractivity contribution in [3.63, 3.8) is 0 Å². The summed E-state index contributed by atoms with van der Waals surface area (Å²) in [4.78, 5) is 18.1. The van der Waals surface area contributed by atoms with Crippen LogP contribution >= 0.6 is 11.3 Å². The largest absolute Gasteiger partial charge is 0.381 e. The van der Waals surface area contributed by atoms with Crippen LogP contribution < -0.4 is 5.32 Å². The lowest BCUT2D eigenvalue weighted by Gasteiger charge is -2.26. The van der Waals surface area contributed by atoms with E-state index in [9.17, 15) is 13.2 Å². The van der Waals surface area contributed by atoms with E-state index in [1.807, 2.05) is 35.7 Å². The first kappa shape index (κ1) is 22.6. The summed E-state index contributed by atoms with van der Waals surface area (Å²) in [6, 6.07) is 16.5. The van der Waals surface area contributed by atoms with Crippen molar-refractivity contribution in [2.75, 3.05) is 24.8 Å². The molecule has 2 aromatic carbocycles. The third-order valence-electron chi connectivity index (χ3n) is 5.74. The number of rotatable bonds is 7. The normalized spacial score (nSPS) is 15.9. The van der Waals surface area contributed by atoms with Gasteiger partial charge in [-0.05, 0) is 42.9 Å². The van der Waals surface area contributed by atoms with Crippen molar-refractivity contribution >= 4 is 32.2 Å². The molecule has 1 amide bonds. The van der Waals surface area contributed by atoms with Crippen LogP contribution in [0.5, 0.6) is 0 Å². The number of aromatic nitrogens is 1. The molecule has 8 heteroatoms. The van der Waals surface area contributed by atoms with Gasteiger partial charge >= 0.3 is 0 Å². The molecule has 1 atom stereocenters. The van der Waals surface area contributed by atoms with Gasteiger partial charge < -0.3 is 10.1 Å². The van der Waals surface area contributed by atoms with Crippen LogP contribution in [0.1, 0.15) is 30.7 Å². The summed E-state index contributed by atoms with van der Waals surface area (Å²) in [5.41, 5.74) is 2.63. The number of nitrogens with one attached hydrogen (secondary N) is 1. The molecule has 1 N–H and O–H groups in total. The predicted octanol–water partition coefficient (Wildman–Crippen LogP) is 4.75. The minimum atomic E-state index is -3.29. The Kier molecular flexibility index (Phi) is 7.03. The van der Waals surface area contributed by atoms with Crippen LogP contribution in [-0.2, 0) is 19.4 Å². The molecule has 0 bridgehead atoms. The number of carbonyl (C=O) groups is 1. The van der Waals surface area contributed by atoms with Crippen molar-refractivity contribution in [2.24, 2.45) is 5.92 Å². The number of hydrogen-bond acceptors (Lipinski definition) is 6. The number of hydrogen-bond donors (Lipinski definition) is 1. The fraction of sp³-hybridized carbons (Fsp3) is 0.333. The average molecular weight is 471 g/mol. The van der Waals surface area contributed by atoms with E-state index in [-0.39, 0.29) is 10.8 Å². The molecule has 4 rings (SSSR count). The number of thiazole rings is 1. The van der Waals surface area contributed by atoms with E-state index in [1.165, 1.54) is 17.6 Å². The molecule has 0 spiro atoms. The molecule has 2 heterocycles. The standard InChI is InChI=1S/C24H26N2O4S2/c1-32(28,29)20-9-7-18(8-10-20)21(15-17-11-13-30-14-12-17)23(27)26-24-25-22(16-31-24)19-5-3-2-4-6-19/h2-10,16-17,21H,11-15H2,1H3,(H,25,26,27). The first-order valence-electron chi connectivity index (χ1n) is 10.6. The van der Waals surface area contributed by atoms with E-state index in [4.69, 9.17) is 4.74 Å². The van der Waals surface area contributed by atoms with Gasteiger partial charge in [-0.3, -0.25) is 4.79 Å². The van der Waals surface area contributed by atoms with E-state index in [1.54, 1.807) is 24.3 Å². The number of ether oxygens (including phenoxy) is 1. The van der Waals surface area contributed by atoms with Gasteiger partial charge in [-0.15, -0.1) is 11.3 Å². The number of sulfone groups is 1. The molecule has 6 nitrogen and oxygen atoms in total. The molecule has 1 fully saturated rings. The molecule has 1 aliphatic rings. The second-order valence-corrected chi connectivity index (χ2v) is 11.0. The Morgan fingerprint density at radius 1 is 1.12 bits per heavy atom. The molecule has 1 unspecified atom stereocenters. The van der Waals surface area contributed by atoms with Gasteiger partial charge in [0.1, 0.15) is 0 Å². The lowest BCUT2D eigenvalue weighted by molar-refractivity contribution is -0.118. The van der Waals surface area contributed by atoms with Gasteiger partial charge in [0.25, 0.3) is 0 Å². The zero-order chi connectivity index (χ0) is 22.6. The third-order valence-corrected chi connectivity index (χ3v) is 7.63. The topological polar surface area (TPSA) is 85.4 Å². The van der Waals surface area contributed by atoms with Gasteiger partial charge in [-0.1, -0.05) is 42.5 Å². The molecule has 3 aromatic rings. The molecule has 32 heavy (non-hydrogen) atoms. The summed E-state index contributed by atoms with van der Waals surface area (Å²) in [5.74, 6) is -0.140. The predicted molar refractivity (Wildman–Crippen MR) is 127 cm³/mol. The molecule has 1 aliphatic heterocycles. The Hall–Kier alpha value is -2.55. The van der Waals surface area contributed by atoms with Crippen molar-refractivity contribution in [1.29, 1.82) is 0 Å². The lowest BCUT2D eigenvalue weighted by Crippen LogP contribution is -2.26. The van der Waals surface area contributed by atoms with E-state index < -0.39 is 15.8 Å². The molecule has 1 aromatic heterocycles. The van der Waals surface area contributed by atoms with Crippen molar-refractivity contribution < 1.29 is 17.9 Å². The van der Waals surface area contributed by atoms with Gasteiger partial charge in [0.15, 0.2) is 15.0 Å². The molecule has 0 aliphatic carbocycles. The molecule has 0 saturated carbocycles. The van der Waals surface area contributed by atoms with Gasteiger partial charge in [-0.25, -0.2) is 13.4 Å². The number of amides is 1. The maximum atomic E-state index is 13.3. The Morgan fingerprint density at radius 2 is 1.81 bits per heavy atom. The highest BCUT2D eigenvalue weighted by molar-refractivity contribution is 7.90. The van der Waals surface area contributed by atoms with Crippen LogP contribution in [-0.4, -0.2) is 38.8 Å². The maximum absolute atomic E-state index is 13.3. The lowest BCUT2D eigenvalue weighted by atomic mass is 9.84. The van der Waals surface area contributed by atoms with Crippen LogP contribution in [0.25, 0.3) is 11.3 Å². The SMILES string of the molecule is CS(=O)(=O)c1ccc(C(CC2CCOCC2)C(=O)Nc2nc(-c3ccccc3)cs2)cc1. The maximum Gasteiger partial charge on any atom is 0.233 e. The Morgan fingerprint density at radius 3 is 2.47 bits per heavy atom. The van der Waals surface area contributed by atoms with Gasteiger partial charge in [0, 0.05) is 30.4 Å². The van der Waals surface area contributed by atoms with E-state index >= 15 is 0 Å². The molecule has 168 valence electrons. The highest BCUT2D eigenvalue weighted by Gasteiger charge is 2.27. The van der Waals surface area contributed by atoms with Crippen molar-refractivity contribution in [1.82, 2.24) is 4.98 Å². The van der Waals surface area contributed by atoms with Crippen molar-refractivity contribution in [2.45, 2.75) is 30.1 Å². The highest BCUT2D eigenvalue weighted by atomic mass is 32.2. The minimum Gasteiger partial charge on any atom is -0.381 e. The summed E-state index contributed by atoms with van der Waals surface area (Å²) in [6.45, 7) is 1.41. The van der Waals surface area contributed by atoms with Crippen LogP contribution in [0, 0.1) is 5.92 Å². The van der Waals surface area contributed by atoms with Crippen LogP contribution in [0.4, 0.5) is 5.13 Å². The molecular weight excluding hydrogens is 444 g/mol. The summed E-state index contributed by atoms with van der Waals surface area (Å²) >= 11 is 1.39. The highest BCUT2D eigenvalue weighted by Crippen LogP contribution is 2.32. The van der Waals surface area contributed by atoms with Crippen LogP contribution in [0.2, 0.25) is 0 Å². The summed E-state index contributed by atoms with van der Waals surface area (Å²) in [6.07, 6.45) is 3.70. The zero-order valence-corrected chi connectivity index (χ0v) is 19.5. The molecular formula is C24H26N2O4S2. The Labute approximate surface area is 192 Å². The molecule has 0 radical (unpaired) electrons. The zero-order valence-electron chi connectivity index (χ0n) is 17.9. The van der Waals surface area contributed by atoms with Crippen LogP contribution in [0.3, 0.4) is 0 Å². The number of anilines is 1. The fourth-order valence-corrected chi connectivity index (χ4v) is 5.28. The van der Waals surface area contributed by atoms with Gasteiger partial charge in [-0.2, -0.15) is 0 Å². The fourth-order valence-electron chi connectivity index (χ4n) is 3.92. The van der Waals surface area contributed by atoms with Gasteiger partial charge in [0.2, 0.25) is 5.91 Å². The third kappa shape index (κ3) is 5.62. The molecule has 1 saturated heterocycles. The van der Waals surface area contributed by atoms with E-state index in [0.717, 1.165) is 29.7 Å². The second kappa shape index (κ2) is 9.94. The number of benzene rings is 2. The minimum absolute atomic E-state index is 0.127. The van der Waals surface area contributed by atoms with Gasteiger partial charge in [0.05, 0.1) is 16.5 Å². The first-order valence-corrected chi connectivity index (χ1v) is 13.4. The van der Waals surface area contributed by atoms with Crippen molar-refractivity contribution in [3.05, 3.63) is 65.5 Å². The first-order chi connectivity index (χ1) is 15.4. The van der Waals surface area contributed by atoms with E-state index in [2.05, 4.69) is 10.3 Å². The summed E-state index contributed by atoms with van der Waals surface area (Å²) < 4.78 is 29.1. The second-order valence-electron chi connectivity index (χ2n) is 8.08. The van der Waals surface area contributed by atoms with Crippen LogP contribution in [0.15, 0.2) is 64.9 Å². The summed E-state index contributed by atoms with van der Waals surface area (Å²) in [5, 5.41) is 5.47. The Balaban J connectivity index is 1.55. The Bertz CT molecular complexity index is 1150. The quantitative estimate of drug-likeness (QED) is 0.538. The number of carbonyl (C=O) groups excluding carboxylic acids is 1. The van der Waals surface area contributed by atoms with E-state index in [0.29, 0.717) is 30.7 Å². The smallest absolute Gasteiger partial charge is 0.233 e. The average Bonchev–Trinajstić information content (AvgIpc) is 3.27. The monoisotopic (exact) mass is 470 g/mol. The summed E-state index contributed by atoms with van der Waals surface area (Å²) in [7, 11) is -3.29. The number of nitrogens with zero attached hydrogens (tertiary/aromatic N) is 1.